The molecule has 4 aromatic rings. The molecule has 0 unspecified atom stereocenters. The number of anilines is 2. The highest BCUT2D eigenvalue weighted by atomic mass is 35.5. The lowest BCUT2D eigenvalue weighted by molar-refractivity contribution is 0.0591. The Labute approximate surface area is 368 Å². The Bertz CT molecular complexity index is 2300. The van der Waals surface area contributed by atoms with E-state index in [1.807, 2.05) is 20.9 Å². The van der Waals surface area contributed by atoms with Crippen LogP contribution in [-0.2, 0) is 43.0 Å². The Morgan fingerprint density at radius 3 is 1.58 bits per heavy atom. The number of methoxy groups -OCH3 is 2. The predicted octanol–water partition coefficient (Wildman–Crippen LogP) is 4.90. The lowest BCUT2D eigenvalue weighted by atomic mass is 10.2. The average molecular weight is 928 g/mol. The van der Waals surface area contributed by atoms with Gasteiger partial charge in [0.15, 0.2) is 0 Å². The van der Waals surface area contributed by atoms with Crippen molar-refractivity contribution in [3.63, 3.8) is 0 Å². The normalized spacial score (nSPS) is 17.6. The van der Waals surface area contributed by atoms with Crippen LogP contribution in [0, 0.1) is 0 Å². The van der Waals surface area contributed by atoms with Gasteiger partial charge >= 0.3 is 32.4 Å². The fourth-order valence-electron chi connectivity index (χ4n) is 6.29. The molecule has 0 amide bonds. The van der Waals surface area contributed by atoms with Gasteiger partial charge in [-0.2, -0.15) is 25.4 Å². The maximum Gasteiger partial charge on any atom is 0.339 e. The number of carbonyl (C=O) groups excluding carboxylic acids is 2. The van der Waals surface area contributed by atoms with Gasteiger partial charge < -0.3 is 19.7 Å². The number of esters is 2. The summed E-state index contributed by atoms with van der Waals surface area (Å²) in [6, 6.07) is 19.9. The van der Waals surface area contributed by atoms with E-state index in [1.54, 1.807) is 72.8 Å². The molecule has 1 N–H and O–H groups in total. The molecule has 2 aliphatic heterocycles. The standard InChI is InChI=1S/C20H25ClN4O4S.C19H23ClN4O4S.ClH/c1-15-13-24(10-9-23(15)2)30(27,28)25(19-6-4-5-17(21)11-19)14-18-8-7-16(12-22-18)20(26)29-3;1-14-12-23(9-8-21-14)29(26,27)24(18-5-3-4-16(20)10-18)13-17-7-6-15(11-22-17)19(25)28-2;/h4-8,11-12,15H,9-10,13-14H2,1-3H3;3-7,10-11,14,21H,8-9,12-13H2,1-2H3;1H/t15-;14-;/m00./s1. The molecule has 0 bridgehead atoms. The van der Waals surface area contributed by atoms with Gasteiger partial charge in [0, 0.05) is 73.8 Å². The average Bonchev–Trinajstić information content (AvgIpc) is 3.22. The second kappa shape index (κ2) is 21.6. The van der Waals surface area contributed by atoms with Crippen molar-refractivity contribution >= 4 is 79.3 Å². The molecule has 2 saturated heterocycles. The maximum absolute atomic E-state index is 13.6. The Hall–Kier alpha value is -4.11. The van der Waals surface area contributed by atoms with Crippen LogP contribution in [0.3, 0.4) is 0 Å². The van der Waals surface area contributed by atoms with E-state index in [1.165, 1.54) is 43.8 Å². The van der Waals surface area contributed by atoms with Crippen molar-refractivity contribution in [3.8, 4) is 0 Å². The number of pyridine rings is 2. The highest BCUT2D eigenvalue weighted by molar-refractivity contribution is 7.90. The fraction of sp³-hybridized carbons (Fsp3) is 0.385. The first kappa shape index (κ1) is 48.6. The summed E-state index contributed by atoms with van der Waals surface area (Å²) in [5.74, 6) is -1.00. The van der Waals surface area contributed by atoms with Crippen LogP contribution in [0.25, 0.3) is 0 Å². The summed E-state index contributed by atoms with van der Waals surface area (Å²) in [6.07, 6.45) is 2.75. The summed E-state index contributed by atoms with van der Waals surface area (Å²) in [4.78, 5) is 33.9. The van der Waals surface area contributed by atoms with Crippen molar-refractivity contribution in [2.24, 2.45) is 0 Å². The molecule has 16 nitrogen and oxygen atoms in total. The van der Waals surface area contributed by atoms with Crippen molar-refractivity contribution < 1.29 is 35.9 Å². The van der Waals surface area contributed by atoms with Crippen LogP contribution in [0.15, 0.2) is 85.2 Å². The molecule has 21 heteroatoms. The maximum atomic E-state index is 13.6. The van der Waals surface area contributed by atoms with Crippen LogP contribution < -0.4 is 13.9 Å². The van der Waals surface area contributed by atoms with Crippen LogP contribution >= 0.6 is 35.6 Å². The molecule has 2 aromatic heterocycles. The number of likely N-dealkylation sites (N-methyl/N-ethyl adjacent to an activating group) is 1. The zero-order chi connectivity index (χ0) is 42.9. The fourth-order valence-corrected chi connectivity index (χ4v) is 10.0. The van der Waals surface area contributed by atoms with Crippen molar-refractivity contribution in [2.45, 2.75) is 39.0 Å². The number of nitrogens with zero attached hydrogens (tertiary/aromatic N) is 7. The van der Waals surface area contributed by atoms with Gasteiger partial charge in [0.1, 0.15) is 0 Å². The van der Waals surface area contributed by atoms with E-state index in [-0.39, 0.29) is 37.6 Å². The number of carbonyl (C=O) groups is 2. The summed E-state index contributed by atoms with van der Waals surface area (Å²) in [6.45, 7) is 6.71. The minimum Gasteiger partial charge on any atom is -0.465 e. The number of hydrogen-bond acceptors (Lipinski definition) is 12. The molecule has 6 rings (SSSR count). The molecule has 0 saturated carbocycles. The van der Waals surface area contributed by atoms with E-state index in [0.29, 0.717) is 83.2 Å². The lowest BCUT2D eigenvalue weighted by Gasteiger charge is -2.39. The van der Waals surface area contributed by atoms with E-state index in [4.69, 9.17) is 23.2 Å². The molecule has 2 fully saturated rings. The zero-order valence-electron chi connectivity index (χ0n) is 33.8. The summed E-state index contributed by atoms with van der Waals surface area (Å²) >= 11 is 12.2. The van der Waals surface area contributed by atoms with Crippen LogP contribution in [0.2, 0.25) is 10.0 Å². The number of ether oxygens (including phenoxy) is 2. The number of halogens is 3. The number of hydrogen-bond donors (Lipinski definition) is 1. The molecule has 2 atom stereocenters. The molecule has 4 heterocycles. The number of piperazine rings is 2. The van der Waals surface area contributed by atoms with Crippen LogP contribution in [-0.4, -0.2) is 125 Å². The molecule has 0 aliphatic carbocycles. The largest absolute Gasteiger partial charge is 0.465 e. The summed E-state index contributed by atoms with van der Waals surface area (Å²) in [5, 5.41) is 4.12. The van der Waals surface area contributed by atoms with Gasteiger partial charge in [-0.05, 0) is 81.6 Å². The molecule has 0 spiro atoms. The third kappa shape index (κ3) is 12.3. The highest BCUT2D eigenvalue weighted by Gasteiger charge is 2.36. The van der Waals surface area contributed by atoms with Gasteiger partial charge in [-0.25, -0.2) is 9.59 Å². The quantitative estimate of drug-likeness (QED) is 0.191. The Morgan fingerprint density at radius 2 is 1.20 bits per heavy atom. The summed E-state index contributed by atoms with van der Waals surface area (Å²) < 4.78 is 68.9. The number of benzene rings is 2. The van der Waals surface area contributed by atoms with Crippen molar-refractivity contribution in [1.82, 2.24) is 28.8 Å². The van der Waals surface area contributed by atoms with Gasteiger partial charge in [-0.15, -0.1) is 12.4 Å². The minimum atomic E-state index is -3.83. The summed E-state index contributed by atoms with van der Waals surface area (Å²) in [7, 11) is -3.09. The molecule has 0 radical (unpaired) electrons. The van der Waals surface area contributed by atoms with Crippen molar-refractivity contribution in [2.75, 3.05) is 69.1 Å². The second-order valence-electron chi connectivity index (χ2n) is 13.9. The van der Waals surface area contributed by atoms with Gasteiger partial charge in [-0.3, -0.25) is 18.6 Å². The molecule has 2 aromatic carbocycles. The van der Waals surface area contributed by atoms with Crippen LogP contribution in [0.1, 0.15) is 46.0 Å². The topological polar surface area (TPSA) is 175 Å². The highest BCUT2D eigenvalue weighted by Crippen LogP contribution is 2.28. The van der Waals surface area contributed by atoms with E-state index < -0.39 is 32.4 Å². The third-order valence-corrected chi connectivity index (χ3v) is 14.0. The first-order valence-electron chi connectivity index (χ1n) is 18.6. The first-order valence-corrected chi connectivity index (χ1v) is 22.1. The Balaban J connectivity index is 0.000000260. The van der Waals surface area contributed by atoms with Crippen molar-refractivity contribution in [3.05, 3.63) is 118 Å². The predicted molar refractivity (Wildman–Crippen MR) is 234 cm³/mol. The van der Waals surface area contributed by atoms with Gasteiger partial charge in [0.2, 0.25) is 0 Å². The van der Waals surface area contributed by atoms with Gasteiger partial charge in [0.05, 0.1) is 61.2 Å². The zero-order valence-corrected chi connectivity index (χ0v) is 37.7. The lowest BCUT2D eigenvalue weighted by Crippen LogP contribution is -2.55. The van der Waals surface area contributed by atoms with Crippen LogP contribution in [0.4, 0.5) is 11.4 Å². The van der Waals surface area contributed by atoms with E-state index in [9.17, 15) is 26.4 Å². The minimum absolute atomic E-state index is 0. The SMILES string of the molecule is COC(=O)c1ccc(CN(c2cccc(Cl)c2)S(=O)(=O)N2CCN(C)[C@@H](C)C2)nc1.COC(=O)c1ccc(CN(c2cccc(Cl)c2)S(=O)(=O)N2CCN[C@@H](C)C2)nc1.Cl. The first-order chi connectivity index (χ1) is 28.0. The molecule has 60 heavy (non-hydrogen) atoms. The Kier molecular flexibility index (Phi) is 17.5. The van der Waals surface area contributed by atoms with Crippen molar-refractivity contribution in [1.29, 1.82) is 0 Å². The molecular formula is C39H49Cl3N8O8S2. The molecule has 2 aliphatic rings. The van der Waals surface area contributed by atoms with E-state index in [2.05, 4.69) is 29.7 Å². The number of rotatable bonds is 12. The molecule has 326 valence electrons. The monoisotopic (exact) mass is 926 g/mol. The third-order valence-electron chi connectivity index (χ3n) is 9.76. The number of nitrogens with one attached hydrogen (secondary N) is 1. The second-order valence-corrected chi connectivity index (χ2v) is 18.5. The van der Waals surface area contributed by atoms with E-state index in [0.717, 1.165) is 0 Å². The van der Waals surface area contributed by atoms with E-state index >= 15 is 0 Å². The molecular weight excluding hydrogens is 879 g/mol. The van der Waals surface area contributed by atoms with Gasteiger partial charge in [-0.1, -0.05) is 35.3 Å². The number of aromatic nitrogens is 2. The van der Waals surface area contributed by atoms with Gasteiger partial charge in [0.25, 0.3) is 0 Å². The smallest absolute Gasteiger partial charge is 0.339 e. The Morgan fingerprint density at radius 1 is 0.733 bits per heavy atom. The summed E-state index contributed by atoms with van der Waals surface area (Å²) in [5.41, 5.74) is 2.48. The van der Waals surface area contributed by atoms with Crippen LogP contribution in [0.5, 0.6) is 0 Å².